The lowest BCUT2D eigenvalue weighted by Gasteiger charge is -2.26. The molecule has 0 unspecified atom stereocenters. The number of halogens is 4. The molecule has 0 saturated heterocycles. The summed E-state index contributed by atoms with van der Waals surface area (Å²) in [6, 6.07) is 5.99. The number of aromatic nitrogens is 1. The topological polar surface area (TPSA) is 85.7 Å². The molecule has 0 radical (unpaired) electrons. The van der Waals surface area contributed by atoms with Crippen LogP contribution in [-0.4, -0.2) is 58.0 Å². The van der Waals surface area contributed by atoms with Crippen LogP contribution >= 0.6 is 0 Å². The molecule has 30 heavy (non-hydrogen) atoms. The predicted molar refractivity (Wildman–Crippen MR) is 99.4 cm³/mol. The first kappa shape index (κ1) is 22.4. The summed E-state index contributed by atoms with van der Waals surface area (Å²) in [7, 11) is -4.03. The largest absolute Gasteiger partial charge is 0.490 e. The van der Waals surface area contributed by atoms with E-state index in [2.05, 4.69) is 9.17 Å². The Balaban J connectivity index is 2.21. The second-order valence-corrected chi connectivity index (χ2v) is 8.85. The number of hydrogen-bond acceptors (Lipinski definition) is 6. The smallest absolute Gasteiger partial charge is 0.264 e. The zero-order valence-electron chi connectivity index (χ0n) is 15.9. The Labute approximate surface area is 170 Å². The Morgan fingerprint density at radius 1 is 1.23 bits per heavy atom. The molecule has 0 bridgehead atoms. The molecule has 11 heteroatoms. The van der Waals surface area contributed by atoms with Crippen molar-refractivity contribution in [2.24, 2.45) is 0 Å². The van der Waals surface area contributed by atoms with E-state index < -0.39 is 59.3 Å². The van der Waals surface area contributed by atoms with Crippen molar-refractivity contribution in [1.29, 1.82) is 0 Å². The molecule has 0 amide bonds. The second-order valence-electron chi connectivity index (χ2n) is 7.21. The maximum Gasteiger partial charge on any atom is 0.264 e. The third-order valence-corrected chi connectivity index (χ3v) is 5.42. The highest BCUT2D eigenvalue weighted by atomic mass is 32.2. The summed E-state index contributed by atoms with van der Waals surface area (Å²) >= 11 is 0. The number of fused-ring (bicyclic) bond motifs is 1. The van der Waals surface area contributed by atoms with Gasteiger partial charge in [-0.1, -0.05) is 0 Å². The molecular formula is C19H19F4NO5S. The summed E-state index contributed by atoms with van der Waals surface area (Å²) in [6.07, 6.45) is 0.719. The fraction of sp³-hybridized carbons (Fsp3) is 0.421. The highest BCUT2D eigenvalue weighted by Gasteiger charge is 2.45. The van der Waals surface area contributed by atoms with Gasteiger partial charge < -0.3 is 9.84 Å². The number of benzene rings is 1. The first-order chi connectivity index (χ1) is 14.1. The maximum atomic E-state index is 13.8. The van der Waals surface area contributed by atoms with Crippen LogP contribution in [0, 0.1) is 5.82 Å². The summed E-state index contributed by atoms with van der Waals surface area (Å²) in [6.45, 7) is -5.14. The summed E-state index contributed by atoms with van der Waals surface area (Å²) in [5.41, 5.74) is -4.33. The van der Waals surface area contributed by atoms with E-state index in [1.807, 2.05) is 0 Å². The van der Waals surface area contributed by atoms with Crippen LogP contribution in [-0.2, 0) is 25.3 Å². The number of rotatable bonds is 8. The van der Waals surface area contributed by atoms with Crippen LogP contribution in [0.25, 0.3) is 11.3 Å². The van der Waals surface area contributed by atoms with Gasteiger partial charge in [-0.05, 0) is 30.3 Å². The van der Waals surface area contributed by atoms with Crippen LogP contribution in [0.3, 0.4) is 0 Å². The molecule has 2 heterocycles. The van der Waals surface area contributed by atoms with Gasteiger partial charge in [0, 0.05) is 11.1 Å². The number of pyridine rings is 1. The van der Waals surface area contributed by atoms with Gasteiger partial charge in [-0.3, -0.25) is 4.18 Å². The molecule has 1 aromatic heterocycles. The number of alkyl halides is 3. The zero-order chi connectivity index (χ0) is 22.2. The number of aliphatic hydroxyl groups is 1. The lowest BCUT2D eigenvalue weighted by atomic mass is 9.83. The second kappa shape index (κ2) is 8.12. The molecule has 2 aromatic rings. The van der Waals surface area contributed by atoms with Crippen molar-refractivity contribution in [3.63, 3.8) is 0 Å². The van der Waals surface area contributed by atoms with Crippen molar-refractivity contribution >= 4 is 10.1 Å². The Bertz CT molecular complexity index is 1030. The molecule has 0 aliphatic carbocycles. The fourth-order valence-electron chi connectivity index (χ4n) is 3.05. The minimum Gasteiger partial charge on any atom is -0.490 e. The van der Waals surface area contributed by atoms with Gasteiger partial charge in [0.2, 0.25) is 0 Å². The molecule has 1 atom stereocenters. The predicted octanol–water partition coefficient (Wildman–Crippen LogP) is 2.59. The monoisotopic (exact) mass is 449 g/mol. The van der Waals surface area contributed by atoms with Crippen molar-refractivity contribution in [1.82, 2.24) is 4.98 Å². The minimum atomic E-state index is -4.03. The molecule has 0 fully saturated rings. The van der Waals surface area contributed by atoms with E-state index in [1.54, 1.807) is 0 Å². The van der Waals surface area contributed by atoms with Crippen LogP contribution in [0.15, 0.2) is 30.3 Å². The van der Waals surface area contributed by atoms with E-state index in [1.165, 1.54) is 12.1 Å². The average molecular weight is 449 g/mol. The van der Waals surface area contributed by atoms with Gasteiger partial charge in [0.1, 0.15) is 50.5 Å². The summed E-state index contributed by atoms with van der Waals surface area (Å²) in [5.74, 6) is -0.526. The van der Waals surface area contributed by atoms with Crippen LogP contribution in [0.5, 0.6) is 5.75 Å². The number of nitrogens with zero attached hydrogens (tertiary/aromatic N) is 1. The molecule has 0 saturated carbocycles. The van der Waals surface area contributed by atoms with E-state index in [-0.39, 0.29) is 29.2 Å². The Morgan fingerprint density at radius 2 is 1.87 bits per heavy atom. The van der Waals surface area contributed by atoms with Gasteiger partial charge in [-0.2, -0.15) is 8.42 Å². The van der Waals surface area contributed by atoms with Gasteiger partial charge >= 0.3 is 0 Å². The van der Waals surface area contributed by atoms with E-state index in [0.717, 1.165) is 24.5 Å². The third-order valence-electron chi connectivity index (χ3n) is 4.88. The minimum absolute atomic E-state index is 0.00231. The molecule has 3 rings (SSSR count). The van der Waals surface area contributed by atoms with Gasteiger partial charge in [0.15, 0.2) is 5.60 Å². The maximum absolute atomic E-state index is 13.8. The van der Waals surface area contributed by atoms with E-state index in [9.17, 15) is 31.1 Å². The molecule has 6 nitrogen and oxygen atoms in total. The first-order valence-corrected chi connectivity index (χ1v) is 10.6. The normalized spacial score (nSPS) is 17.3. The van der Waals surface area contributed by atoms with Gasteiger partial charge in [0.05, 0.1) is 17.4 Å². The Kier molecular flexibility index (Phi) is 6.08. The average Bonchev–Trinajstić information content (AvgIpc) is 3.10. The summed E-state index contributed by atoms with van der Waals surface area (Å²) < 4.78 is 87.4. The Morgan fingerprint density at radius 3 is 2.40 bits per heavy atom. The molecule has 164 valence electrons. The molecule has 0 spiro atoms. The number of hydrogen-bond donors (Lipinski definition) is 1. The third kappa shape index (κ3) is 4.14. The van der Waals surface area contributed by atoms with Crippen LogP contribution in [0.1, 0.15) is 11.3 Å². The van der Waals surface area contributed by atoms with E-state index in [4.69, 9.17) is 4.74 Å². The SMILES string of the molecule is CS(=O)(=O)OC[C@](O)(CF)c1cc2c(c(-c3ccc(F)cc3)n1)OCC2(CF)CF. The lowest BCUT2D eigenvalue weighted by Crippen LogP contribution is -2.37. The van der Waals surface area contributed by atoms with Gasteiger partial charge in [-0.15, -0.1) is 0 Å². The fourth-order valence-corrected chi connectivity index (χ4v) is 3.45. The van der Waals surface area contributed by atoms with Crippen molar-refractivity contribution in [2.45, 2.75) is 11.0 Å². The van der Waals surface area contributed by atoms with Crippen molar-refractivity contribution < 1.29 is 40.0 Å². The van der Waals surface area contributed by atoms with E-state index >= 15 is 0 Å². The standard InChI is InChI=1S/C19H19F4NO5S/c1-30(26,27)29-11-19(25,9-22)15-6-14-17(28-10-18(14,7-20)8-21)16(24-15)12-2-4-13(23)5-3-12/h2-6,25H,7-11H2,1H3/t19-/m1/s1. The molecular weight excluding hydrogens is 430 g/mol. The van der Waals surface area contributed by atoms with Crippen LogP contribution in [0.4, 0.5) is 17.6 Å². The van der Waals surface area contributed by atoms with Crippen molar-refractivity contribution in [3.8, 4) is 17.0 Å². The summed E-state index contributed by atoms with van der Waals surface area (Å²) in [4.78, 5) is 4.16. The van der Waals surface area contributed by atoms with Crippen molar-refractivity contribution in [3.05, 3.63) is 47.4 Å². The number of ether oxygens (including phenoxy) is 1. The molecule has 1 N–H and O–H groups in total. The molecule has 1 aliphatic rings. The molecule has 1 aliphatic heterocycles. The zero-order valence-corrected chi connectivity index (χ0v) is 16.7. The van der Waals surface area contributed by atoms with Gasteiger partial charge in [0.25, 0.3) is 10.1 Å². The quantitative estimate of drug-likeness (QED) is 0.493. The summed E-state index contributed by atoms with van der Waals surface area (Å²) in [5, 5.41) is 10.7. The van der Waals surface area contributed by atoms with Crippen LogP contribution in [0.2, 0.25) is 0 Å². The lowest BCUT2D eigenvalue weighted by molar-refractivity contribution is -0.0305. The van der Waals surface area contributed by atoms with Gasteiger partial charge in [-0.25, -0.2) is 22.5 Å². The van der Waals surface area contributed by atoms with Crippen LogP contribution < -0.4 is 4.74 Å². The highest BCUT2D eigenvalue weighted by molar-refractivity contribution is 7.85. The molecule has 1 aromatic carbocycles. The Hall–Kier alpha value is -2.24. The van der Waals surface area contributed by atoms with E-state index in [0.29, 0.717) is 0 Å². The van der Waals surface area contributed by atoms with Crippen molar-refractivity contribution in [2.75, 3.05) is 39.5 Å². The first-order valence-electron chi connectivity index (χ1n) is 8.77. The highest BCUT2D eigenvalue weighted by Crippen LogP contribution is 2.46.